The fourth-order valence-electron chi connectivity index (χ4n) is 1.60. The first-order chi connectivity index (χ1) is 10.6. The maximum Gasteiger partial charge on any atom is 0.337 e. The molecule has 0 aliphatic carbocycles. The molecule has 1 aromatic rings. The van der Waals surface area contributed by atoms with Crippen molar-refractivity contribution in [2.75, 3.05) is 19.0 Å². The van der Waals surface area contributed by atoms with Gasteiger partial charge < -0.3 is 15.4 Å². The van der Waals surface area contributed by atoms with Gasteiger partial charge in [0.1, 0.15) is 11.6 Å². The number of esters is 1. The van der Waals surface area contributed by atoms with Gasteiger partial charge in [0, 0.05) is 18.4 Å². The summed E-state index contributed by atoms with van der Waals surface area (Å²) in [6.45, 7) is 2.56. The Morgan fingerprint density at radius 1 is 1.32 bits per heavy atom. The molecule has 1 rings (SSSR count). The normalized spacial score (nSPS) is 10.5. The van der Waals surface area contributed by atoms with Gasteiger partial charge in [-0.15, -0.1) is 0 Å². The number of amides is 1. The van der Waals surface area contributed by atoms with E-state index in [9.17, 15) is 9.59 Å². The number of benzene rings is 1. The second-order valence-electron chi connectivity index (χ2n) is 4.49. The molecule has 0 fully saturated rings. The van der Waals surface area contributed by atoms with E-state index in [4.69, 9.17) is 5.26 Å². The van der Waals surface area contributed by atoms with Crippen LogP contribution in [0.15, 0.2) is 36.0 Å². The molecule has 0 aliphatic heterocycles. The SMILES string of the molecule is CCCCNC(=O)/C(C#N)=C\Nc1ccc(C(=O)OC)cc1. The summed E-state index contributed by atoms with van der Waals surface area (Å²) < 4.78 is 4.60. The molecule has 1 amide bonds. The number of hydrogen-bond donors (Lipinski definition) is 2. The molecule has 0 spiro atoms. The zero-order valence-corrected chi connectivity index (χ0v) is 12.7. The third-order valence-corrected chi connectivity index (χ3v) is 2.87. The van der Waals surface area contributed by atoms with Crippen LogP contribution in [0.3, 0.4) is 0 Å². The number of unbranched alkanes of at least 4 members (excludes halogenated alkanes) is 1. The maximum absolute atomic E-state index is 11.7. The standard InChI is InChI=1S/C16H19N3O3/c1-3-4-9-18-15(20)13(10-17)11-19-14-7-5-12(6-8-14)16(21)22-2/h5-8,11,19H,3-4,9H2,1-2H3,(H,18,20)/b13-11-. The third-order valence-electron chi connectivity index (χ3n) is 2.87. The number of rotatable bonds is 7. The van der Waals surface area contributed by atoms with Gasteiger partial charge in [-0.1, -0.05) is 13.3 Å². The van der Waals surface area contributed by atoms with Gasteiger partial charge in [0.2, 0.25) is 0 Å². The summed E-state index contributed by atoms with van der Waals surface area (Å²) >= 11 is 0. The molecule has 6 nitrogen and oxygen atoms in total. The van der Waals surface area contributed by atoms with E-state index in [2.05, 4.69) is 15.4 Å². The van der Waals surface area contributed by atoms with Crippen LogP contribution in [0.25, 0.3) is 0 Å². The zero-order valence-electron chi connectivity index (χ0n) is 12.7. The number of carbonyl (C=O) groups excluding carboxylic acids is 2. The van der Waals surface area contributed by atoms with Gasteiger partial charge in [0.05, 0.1) is 12.7 Å². The summed E-state index contributed by atoms with van der Waals surface area (Å²) in [6.07, 6.45) is 3.18. The van der Waals surface area contributed by atoms with E-state index in [1.807, 2.05) is 13.0 Å². The van der Waals surface area contributed by atoms with Gasteiger partial charge in [-0.05, 0) is 30.7 Å². The summed E-state index contributed by atoms with van der Waals surface area (Å²) in [5, 5.41) is 14.5. The number of hydrogen-bond acceptors (Lipinski definition) is 5. The van der Waals surface area contributed by atoms with Gasteiger partial charge in [0.15, 0.2) is 0 Å². The Hall–Kier alpha value is -2.81. The quantitative estimate of drug-likeness (QED) is 0.349. The van der Waals surface area contributed by atoms with Crippen LogP contribution < -0.4 is 10.6 Å². The van der Waals surface area contributed by atoms with Crippen molar-refractivity contribution in [1.82, 2.24) is 5.32 Å². The molecule has 116 valence electrons. The van der Waals surface area contributed by atoms with Gasteiger partial charge in [0.25, 0.3) is 5.91 Å². The van der Waals surface area contributed by atoms with E-state index in [0.29, 0.717) is 17.8 Å². The minimum Gasteiger partial charge on any atom is -0.465 e. The largest absolute Gasteiger partial charge is 0.465 e. The van der Waals surface area contributed by atoms with Crippen molar-refractivity contribution in [3.8, 4) is 6.07 Å². The third kappa shape index (κ3) is 5.29. The number of ether oxygens (including phenoxy) is 1. The van der Waals surface area contributed by atoms with Crippen LogP contribution in [0.1, 0.15) is 30.1 Å². The van der Waals surface area contributed by atoms with E-state index < -0.39 is 11.9 Å². The lowest BCUT2D eigenvalue weighted by Gasteiger charge is -2.05. The van der Waals surface area contributed by atoms with Crippen LogP contribution in [-0.4, -0.2) is 25.5 Å². The molecule has 0 saturated carbocycles. The summed E-state index contributed by atoms with van der Waals surface area (Å²) in [6, 6.07) is 8.35. The number of nitrogens with zero attached hydrogens (tertiary/aromatic N) is 1. The fraction of sp³-hybridized carbons (Fsp3) is 0.312. The number of anilines is 1. The van der Waals surface area contributed by atoms with Crippen molar-refractivity contribution in [2.24, 2.45) is 0 Å². The Labute approximate surface area is 129 Å². The Morgan fingerprint density at radius 3 is 2.55 bits per heavy atom. The summed E-state index contributed by atoms with van der Waals surface area (Å²) in [7, 11) is 1.31. The van der Waals surface area contributed by atoms with Crippen molar-refractivity contribution >= 4 is 17.6 Å². The highest BCUT2D eigenvalue weighted by Crippen LogP contribution is 2.11. The minimum atomic E-state index is -0.421. The molecule has 6 heteroatoms. The highest BCUT2D eigenvalue weighted by Gasteiger charge is 2.08. The molecule has 0 aromatic heterocycles. The molecule has 0 bridgehead atoms. The smallest absolute Gasteiger partial charge is 0.337 e. The van der Waals surface area contributed by atoms with E-state index >= 15 is 0 Å². The predicted octanol–water partition coefficient (Wildman–Crippen LogP) is 2.21. The van der Waals surface area contributed by atoms with Crippen LogP contribution >= 0.6 is 0 Å². The first-order valence-electron chi connectivity index (χ1n) is 6.95. The molecule has 0 saturated heterocycles. The Kier molecular flexibility index (Phi) is 7.20. The van der Waals surface area contributed by atoms with Gasteiger partial charge in [-0.3, -0.25) is 4.79 Å². The fourth-order valence-corrected chi connectivity index (χ4v) is 1.60. The Bertz CT molecular complexity index is 586. The maximum atomic E-state index is 11.7. The number of carbonyl (C=O) groups is 2. The van der Waals surface area contributed by atoms with Crippen LogP contribution in [0.2, 0.25) is 0 Å². The molecule has 0 radical (unpaired) electrons. The molecular formula is C16H19N3O3. The highest BCUT2D eigenvalue weighted by molar-refractivity contribution is 5.97. The van der Waals surface area contributed by atoms with Crippen LogP contribution in [-0.2, 0) is 9.53 Å². The second-order valence-corrected chi connectivity index (χ2v) is 4.49. The van der Waals surface area contributed by atoms with Gasteiger partial charge in [-0.25, -0.2) is 4.79 Å². The summed E-state index contributed by atoms with van der Waals surface area (Å²) in [4.78, 5) is 23.1. The Balaban J connectivity index is 2.66. The molecule has 0 atom stereocenters. The van der Waals surface area contributed by atoms with E-state index in [0.717, 1.165) is 12.8 Å². The first-order valence-corrected chi connectivity index (χ1v) is 6.95. The Morgan fingerprint density at radius 2 is 2.00 bits per heavy atom. The predicted molar refractivity (Wildman–Crippen MR) is 83.0 cm³/mol. The molecule has 0 aliphatic rings. The van der Waals surface area contributed by atoms with Crippen LogP contribution in [0.5, 0.6) is 0 Å². The summed E-state index contributed by atoms with van der Waals surface area (Å²) in [5.41, 5.74) is 1.07. The first kappa shape index (κ1) is 17.2. The summed E-state index contributed by atoms with van der Waals surface area (Å²) in [5.74, 6) is -0.829. The lowest BCUT2D eigenvalue weighted by molar-refractivity contribution is -0.117. The molecule has 1 aromatic carbocycles. The van der Waals surface area contributed by atoms with Crippen molar-refractivity contribution in [3.63, 3.8) is 0 Å². The van der Waals surface area contributed by atoms with Crippen LogP contribution in [0, 0.1) is 11.3 Å². The lowest BCUT2D eigenvalue weighted by atomic mass is 10.2. The molecular weight excluding hydrogens is 282 g/mol. The van der Waals surface area contributed by atoms with Crippen LogP contribution in [0.4, 0.5) is 5.69 Å². The average molecular weight is 301 g/mol. The lowest BCUT2D eigenvalue weighted by Crippen LogP contribution is -2.25. The zero-order chi connectivity index (χ0) is 16.4. The van der Waals surface area contributed by atoms with E-state index in [1.54, 1.807) is 24.3 Å². The molecule has 0 heterocycles. The minimum absolute atomic E-state index is 0.00634. The number of methoxy groups -OCH3 is 1. The van der Waals surface area contributed by atoms with Crippen molar-refractivity contribution in [1.29, 1.82) is 5.26 Å². The number of nitrogens with one attached hydrogen (secondary N) is 2. The van der Waals surface area contributed by atoms with E-state index in [1.165, 1.54) is 13.3 Å². The number of nitriles is 1. The highest BCUT2D eigenvalue weighted by atomic mass is 16.5. The van der Waals surface area contributed by atoms with Gasteiger partial charge in [-0.2, -0.15) is 5.26 Å². The van der Waals surface area contributed by atoms with Crippen molar-refractivity contribution in [3.05, 3.63) is 41.6 Å². The monoisotopic (exact) mass is 301 g/mol. The van der Waals surface area contributed by atoms with E-state index in [-0.39, 0.29) is 5.57 Å². The second kappa shape index (κ2) is 9.19. The van der Waals surface area contributed by atoms with Crippen molar-refractivity contribution < 1.29 is 14.3 Å². The van der Waals surface area contributed by atoms with Crippen molar-refractivity contribution in [2.45, 2.75) is 19.8 Å². The average Bonchev–Trinajstić information content (AvgIpc) is 2.55. The molecule has 2 N–H and O–H groups in total. The molecule has 0 unspecified atom stereocenters. The molecule has 22 heavy (non-hydrogen) atoms. The van der Waals surface area contributed by atoms with Gasteiger partial charge >= 0.3 is 5.97 Å². The topological polar surface area (TPSA) is 91.2 Å².